The van der Waals surface area contributed by atoms with Crippen molar-refractivity contribution >= 4 is 29.6 Å². The van der Waals surface area contributed by atoms with Crippen LogP contribution in [0.4, 0.5) is 0 Å². The Morgan fingerprint density at radius 3 is 2.41 bits per heavy atom. The van der Waals surface area contributed by atoms with Crippen molar-refractivity contribution in [2.45, 2.75) is 19.9 Å². The van der Waals surface area contributed by atoms with Gasteiger partial charge in [-0.25, -0.2) is 5.43 Å². The number of halogens is 1. The van der Waals surface area contributed by atoms with Gasteiger partial charge in [-0.3, -0.25) is 9.59 Å². The summed E-state index contributed by atoms with van der Waals surface area (Å²) in [4.78, 5) is 25.0. The molecule has 0 bridgehead atoms. The number of carbonyl (C=O) groups is 2. The number of nitrogens with one attached hydrogen (secondary N) is 2. The third kappa shape index (κ3) is 6.22. The maximum atomic E-state index is 12.5. The fourth-order valence-electron chi connectivity index (χ4n) is 2.56. The predicted molar refractivity (Wildman–Crippen MR) is 113 cm³/mol. The molecule has 0 aromatic heterocycles. The third-order valence-electron chi connectivity index (χ3n) is 4.12. The number of nitrogens with zero attached hydrogens (tertiary/aromatic N) is 1. The average Bonchev–Trinajstić information content (AvgIpc) is 2.71. The first-order chi connectivity index (χ1) is 13.8. The Labute approximate surface area is 175 Å². The first-order valence-corrected chi connectivity index (χ1v) is 9.35. The minimum Gasteiger partial charge on any atom is -0.493 e. The summed E-state index contributed by atoms with van der Waals surface area (Å²) in [7, 11) is 3.09. The largest absolute Gasteiger partial charge is 0.493 e. The van der Waals surface area contributed by atoms with Gasteiger partial charge in [0.05, 0.1) is 20.4 Å². The monoisotopic (exact) mass is 417 g/mol. The summed E-state index contributed by atoms with van der Waals surface area (Å²) in [5, 5.41) is 7.15. The Morgan fingerprint density at radius 1 is 1.07 bits per heavy atom. The maximum Gasteiger partial charge on any atom is 0.262 e. The van der Waals surface area contributed by atoms with E-state index in [0.29, 0.717) is 27.6 Å². The van der Waals surface area contributed by atoms with Crippen molar-refractivity contribution in [1.82, 2.24) is 10.7 Å². The molecule has 2 aromatic rings. The molecule has 2 N–H and O–H groups in total. The van der Waals surface area contributed by atoms with Gasteiger partial charge in [0, 0.05) is 10.6 Å². The van der Waals surface area contributed by atoms with Crippen LogP contribution in [0.2, 0.25) is 5.02 Å². The van der Waals surface area contributed by atoms with E-state index in [-0.39, 0.29) is 11.8 Å². The molecule has 0 aliphatic rings. The third-order valence-corrected chi connectivity index (χ3v) is 4.35. The molecule has 1 atom stereocenters. The van der Waals surface area contributed by atoms with E-state index in [1.165, 1.54) is 13.3 Å². The van der Waals surface area contributed by atoms with Crippen LogP contribution >= 0.6 is 11.6 Å². The van der Waals surface area contributed by atoms with Gasteiger partial charge in [0.15, 0.2) is 11.5 Å². The number of hydrogen-bond acceptors (Lipinski definition) is 5. The molecule has 29 heavy (non-hydrogen) atoms. The molecule has 0 spiro atoms. The maximum absolute atomic E-state index is 12.5. The Balaban J connectivity index is 2.04. The Morgan fingerprint density at radius 2 is 1.79 bits per heavy atom. The normalized spacial score (nSPS) is 11.9. The van der Waals surface area contributed by atoms with E-state index in [1.807, 2.05) is 13.8 Å². The van der Waals surface area contributed by atoms with Gasteiger partial charge in [0.2, 0.25) is 0 Å². The Bertz CT molecular complexity index is 899. The van der Waals surface area contributed by atoms with E-state index < -0.39 is 11.9 Å². The minimum absolute atomic E-state index is 0.144. The van der Waals surface area contributed by atoms with Gasteiger partial charge in [-0.05, 0) is 47.9 Å². The summed E-state index contributed by atoms with van der Waals surface area (Å²) < 4.78 is 10.4. The lowest BCUT2D eigenvalue weighted by atomic mass is 10.0. The first-order valence-electron chi connectivity index (χ1n) is 8.97. The van der Waals surface area contributed by atoms with Crippen molar-refractivity contribution in [2.75, 3.05) is 14.2 Å². The molecule has 154 valence electrons. The topological polar surface area (TPSA) is 89.0 Å². The van der Waals surface area contributed by atoms with Crippen LogP contribution in [0, 0.1) is 5.92 Å². The van der Waals surface area contributed by atoms with Crippen LogP contribution in [0.1, 0.15) is 29.8 Å². The van der Waals surface area contributed by atoms with Gasteiger partial charge in [0.25, 0.3) is 11.8 Å². The van der Waals surface area contributed by atoms with Crippen molar-refractivity contribution in [3.63, 3.8) is 0 Å². The molecule has 2 amide bonds. The van der Waals surface area contributed by atoms with Crippen molar-refractivity contribution in [3.05, 3.63) is 58.6 Å². The van der Waals surface area contributed by atoms with Crippen LogP contribution < -0.4 is 20.2 Å². The van der Waals surface area contributed by atoms with Crippen LogP contribution in [-0.4, -0.2) is 38.3 Å². The first kappa shape index (κ1) is 22.2. The van der Waals surface area contributed by atoms with E-state index in [4.69, 9.17) is 21.1 Å². The number of ether oxygens (including phenoxy) is 2. The second-order valence-electron chi connectivity index (χ2n) is 6.55. The van der Waals surface area contributed by atoms with Crippen LogP contribution in [0.25, 0.3) is 0 Å². The molecule has 0 saturated carbocycles. The number of methoxy groups -OCH3 is 2. The van der Waals surface area contributed by atoms with Gasteiger partial charge < -0.3 is 14.8 Å². The summed E-state index contributed by atoms with van der Waals surface area (Å²) in [6, 6.07) is 11.0. The van der Waals surface area contributed by atoms with Gasteiger partial charge in [-0.2, -0.15) is 5.10 Å². The summed E-state index contributed by atoms with van der Waals surface area (Å²) in [5.41, 5.74) is 3.56. The van der Waals surface area contributed by atoms with Crippen molar-refractivity contribution in [2.24, 2.45) is 11.0 Å². The highest BCUT2D eigenvalue weighted by molar-refractivity contribution is 6.31. The fourth-order valence-corrected chi connectivity index (χ4v) is 2.75. The lowest BCUT2D eigenvalue weighted by molar-refractivity contribution is -0.123. The van der Waals surface area contributed by atoms with Gasteiger partial charge in [-0.15, -0.1) is 0 Å². The lowest BCUT2D eigenvalue weighted by Gasteiger charge is -2.20. The average molecular weight is 418 g/mol. The summed E-state index contributed by atoms with van der Waals surface area (Å²) in [6.07, 6.45) is 1.48. The molecular formula is C21H24ClN3O4. The predicted octanol–water partition coefficient (Wildman–Crippen LogP) is 3.26. The fraction of sp³-hybridized carbons (Fsp3) is 0.286. The van der Waals surface area contributed by atoms with E-state index in [2.05, 4.69) is 15.8 Å². The number of hydrazone groups is 1. The summed E-state index contributed by atoms with van der Waals surface area (Å²) in [5.74, 6) is 0.195. The number of hydrogen-bond donors (Lipinski definition) is 2. The van der Waals surface area contributed by atoms with Gasteiger partial charge >= 0.3 is 0 Å². The molecule has 0 saturated heterocycles. The highest BCUT2D eigenvalue weighted by Crippen LogP contribution is 2.26. The molecular weight excluding hydrogens is 394 g/mol. The quantitative estimate of drug-likeness (QED) is 0.509. The smallest absolute Gasteiger partial charge is 0.262 e. The van der Waals surface area contributed by atoms with Crippen molar-refractivity contribution in [3.8, 4) is 11.5 Å². The molecule has 0 aliphatic carbocycles. The number of rotatable bonds is 8. The van der Waals surface area contributed by atoms with Gasteiger partial charge in [-0.1, -0.05) is 31.5 Å². The minimum atomic E-state index is -0.760. The van der Waals surface area contributed by atoms with E-state index in [1.54, 1.807) is 49.6 Å². The molecule has 2 aromatic carbocycles. The molecule has 1 unspecified atom stereocenters. The summed E-state index contributed by atoms with van der Waals surface area (Å²) in [6.45, 7) is 3.67. The van der Waals surface area contributed by atoms with Crippen LogP contribution in [0.15, 0.2) is 47.6 Å². The lowest BCUT2D eigenvalue weighted by Crippen LogP contribution is -2.48. The zero-order valence-corrected chi connectivity index (χ0v) is 17.5. The molecule has 0 fully saturated rings. The second kappa shape index (κ2) is 10.5. The van der Waals surface area contributed by atoms with Crippen LogP contribution in [-0.2, 0) is 4.79 Å². The zero-order valence-electron chi connectivity index (χ0n) is 16.7. The zero-order chi connectivity index (χ0) is 21.4. The number of carbonyl (C=O) groups excluding carboxylic acids is 2. The SMILES string of the molecule is COc1ccc(/C=N/NC(=O)C(NC(=O)c2cccc(Cl)c2)C(C)C)cc1OC. The van der Waals surface area contributed by atoms with Crippen LogP contribution in [0.3, 0.4) is 0 Å². The number of benzene rings is 2. The summed E-state index contributed by atoms with van der Waals surface area (Å²) >= 11 is 5.92. The Kier molecular flexibility index (Phi) is 8.03. The molecule has 0 radical (unpaired) electrons. The molecule has 8 heteroatoms. The highest BCUT2D eigenvalue weighted by atomic mass is 35.5. The van der Waals surface area contributed by atoms with Crippen molar-refractivity contribution in [1.29, 1.82) is 0 Å². The van der Waals surface area contributed by atoms with E-state index in [9.17, 15) is 9.59 Å². The standard InChI is InChI=1S/C21H24ClN3O4/c1-13(2)19(24-20(26)15-6-5-7-16(22)11-15)21(27)25-23-12-14-8-9-17(28-3)18(10-14)29-4/h5-13,19H,1-4H3,(H,24,26)(H,25,27)/b23-12+. The highest BCUT2D eigenvalue weighted by Gasteiger charge is 2.24. The molecule has 0 heterocycles. The van der Waals surface area contributed by atoms with Crippen molar-refractivity contribution < 1.29 is 19.1 Å². The van der Waals surface area contributed by atoms with Gasteiger partial charge in [0.1, 0.15) is 6.04 Å². The molecule has 7 nitrogen and oxygen atoms in total. The van der Waals surface area contributed by atoms with Crippen LogP contribution in [0.5, 0.6) is 11.5 Å². The van der Waals surface area contributed by atoms with E-state index >= 15 is 0 Å². The molecule has 2 rings (SSSR count). The Hall–Kier alpha value is -3.06. The molecule has 0 aliphatic heterocycles. The van der Waals surface area contributed by atoms with E-state index in [0.717, 1.165) is 0 Å². The number of amides is 2. The second-order valence-corrected chi connectivity index (χ2v) is 6.99.